The number of carbonyl (C=O) groups is 1. The summed E-state index contributed by atoms with van der Waals surface area (Å²) >= 11 is 1.51. The van der Waals surface area contributed by atoms with Gasteiger partial charge in [0.15, 0.2) is 5.13 Å². The predicted molar refractivity (Wildman–Crippen MR) is 138 cm³/mol. The Morgan fingerprint density at radius 3 is 2.33 bits per heavy atom. The number of aryl methyl sites for hydroxylation is 2. The second-order valence-corrected chi connectivity index (χ2v) is 9.37. The summed E-state index contributed by atoms with van der Waals surface area (Å²) in [6.07, 6.45) is 1.84. The molecule has 0 atom stereocenters. The van der Waals surface area contributed by atoms with Crippen molar-refractivity contribution in [2.45, 2.75) is 13.8 Å². The zero-order chi connectivity index (χ0) is 23.1. The highest BCUT2D eigenvalue weighted by molar-refractivity contribution is 7.22. The second-order valence-electron chi connectivity index (χ2n) is 8.36. The average molecular weight is 453 g/mol. The molecule has 164 valence electrons. The Balaban J connectivity index is 1.60. The number of amidine groups is 1. The van der Waals surface area contributed by atoms with Crippen molar-refractivity contribution in [1.29, 1.82) is 0 Å². The van der Waals surface area contributed by atoms with Gasteiger partial charge in [-0.2, -0.15) is 0 Å². The van der Waals surface area contributed by atoms with Gasteiger partial charge in [0, 0.05) is 25.3 Å². The summed E-state index contributed by atoms with van der Waals surface area (Å²) in [6, 6.07) is 22.1. The molecule has 1 aromatic heterocycles. The fraction of sp³-hybridized carbons (Fsp3) is 0.148. The Bertz CT molecular complexity index is 1380. The minimum Gasteiger partial charge on any atom is -0.378 e. The van der Waals surface area contributed by atoms with Gasteiger partial charge in [-0.3, -0.25) is 4.79 Å². The number of aliphatic imine (C=N–C) groups is 1. The van der Waals surface area contributed by atoms with E-state index in [0.717, 1.165) is 27.0 Å². The lowest BCUT2D eigenvalue weighted by Crippen LogP contribution is -2.32. The van der Waals surface area contributed by atoms with Crippen LogP contribution in [0.3, 0.4) is 0 Å². The lowest BCUT2D eigenvalue weighted by atomic mass is 10.1. The van der Waals surface area contributed by atoms with Crippen LogP contribution in [0.2, 0.25) is 0 Å². The third-order valence-electron chi connectivity index (χ3n) is 5.79. The van der Waals surface area contributed by atoms with Gasteiger partial charge < -0.3 is 4.90 Å². The minimum absolute atomic E-state index is 0.168. The molecule has 0 radical (unpaired) electrons. The van der Waals surface area contributed by atoms with E-state index < -0.39 is 0 Å². The Morgan fingerprint density at radius 2 is 1.64 bits per heavy atom. The average Bonchev–Trinajstić information content (AvgIpc) is 3.35. The summed E-state index contributed by atoms with van der Waals surface area (Å²) in [5.41, 5.74) is 6.61. The Labute approximate surface area is 197 Å². The standard InChI is InChI=1S/C27H24N4OS/c1-17-14-22-24(15-18(17)2)33-27(29-22)31-25(20-8-6-5-7-9-20)28-23(26(31)32)16-19-10-12-21(13-11-19)30(3)4/h5-16H,1-4H3/b23-16-. The SMILES string of the molecule is Cc1cc2nc(N3C(=O)/C(=C/c4ccc(N(C)C)cc4)N=C3c3ccccc3)sc2cc1C. The van der Waals surface area contributed by atoms with Crippen LogP contribution >= 0.6 is 11.3 Å². The largest absolute Gasteiger partial charge is 0.378 e. The van der Waals surface area contributed by atoms with Gasteiger partial charge in [0.25, 0.3) is 5.91 Å². The first-order valence-electron chi connectivity index (χ1n) is 10.8. The van der Waals surface area contributed by atoms with Crippen LogP contribution in [0.15, 0.2) is 77.4 Å². The lowest BCUT2D eigenvalue weighted by Gasteiger charge is -2.14. The van der Waals surface area contributed by atoms with Gasteiger partial charge in [0.05, 0.1) is 10.2 Å². The quantitative estimate of drug-likeness (QED) is 0.367. The maximum absolute atomic E-state index is 13.6. The number of carbonyl (C=O) groups excluding carboxylic acids is 1. The second kappa shape index (κ2) is 8.30. The van der Waals surface area contributed by atoms with E-state index >= 15 is 0 Å². The molecule has 0 unspecified atom stereocenters. The number of rotatable bonds is 4. The molecule has 5 nitrogen and oxygen atoms in total. The van der Waals surface area contributed by atoms with Gasteiger partial charge in [-0.05, 0) is 60.9 Å². The number of hydrogen-bond donors (Lipinski definition) is 0. The number of fused-ring (bicyclic) bond motifs is 1. The molecule has 6 heteroatoms. The van der Waals surface area contributed by atoms with Crippen molar-refractivity contribution in [2.75, 3.05) is 23.9 Å². The predicted octanol–water partition coefficient (Wildman–Crippen LogP) is 5.81. The lowest BCUT2D eigenvalue weighted by molar-refractivity contribution is -0.113. The van der Waals surface area contributed by atoms with Crippen LogP contribution in [0.1, 0.15) is 22.3 Å². The van der Waals surface area contributed by atoms with Crippen LogP contribution in [0.5, 0.6) is 0 Å². The number of nitrogens with zero attached hydrogens (tertiary/aromatic N) is 4. The van der Waals surface area contributed by atoms with Crippen LogP contribution in [-0.4, -0.2) is 30.8 Å². The number of benzene rings is 3. The molecular weight excluding hydrogens is 428 g/mol. The number of amides is 1. The molecule has 0 fully saturated rings. The molecule has 0 bridgehead atoms. The van der Waals surface area contributed by atoms with Gasteiger partial charge in [-0.25, -0.2) is 14.9 Å². The van der Waals surface area contributed by atoms with E-state index in [1.807, 2.05) is 79.7 Å². The number of hydrogen-bond acceptors (Lipinski definition) is 5. The van der Waals surface area contributed by atoms with E-state index in [4.69, 9.17) is 9.98 Å². The molecule has 0 saturated heterocycles. The van der Waals surface area contributed by atoms with E-state index in [9.17, 15) is 4.79 Å². The van der Waals surface area contributed by atoms with E-state index in [0.29, 0.717) is 16.7 Å². The van der Waals surface area contributed by atoms with Crippen LogP contribution in [-0.2, 0) is 4.79 Å². The fourth-order valence-electron chi connectivity index (χ4n) is 3.76. The van der Waals surface area contributed by atoms with Crippen LogP contribution in [0.25, 0.3) is 16.3 Å². The van der Waals surface area contributed by atoms with E-state index in [-0.39, 0.29) is 5.91 Å². The van der Waals surface area contributed by atoms with Crippen molar-refractivity contribution in [3.8, 4) is 0 Å². The molecule has 5 rings (SSSR count). The summed E-state index contributed by atoms with van der Waals surface area (Å²) in [6.45, 7) is 4.17. The Morgan fingerprint density at radius 1 is 0.939 bits per heavy atom. The molecule has 4 aromatic rings. The normalized spacial score (nSPS) is 14.9. The third-order valence-corrected chi connectivity index (χ3v) is 6.79. The topological polar surface area (TPSA) is 48.8 Å². The first-order chi connectivity index (χ1) is 15.9. The van der Waals surface area contributed by atoms with E-state index in [1.54, 1.807) is 4.90 Å². The van der Waals surface area contributed by atoms with Crippen molar-refractivity contribution < 1.29 is 4.79 Å². The zero-order valence-electron chi connectivity index (χ0n) is 19.0. The van der Waals surface area contributed by atoms with Crippen molar-refractivity contribution in [2.24, 2.45) is 4.99 Å². The summed E-state index contributed by atoms with van der Waals surface area (Å²) in [5.74, 6) is 0.433. The van der Waals surface area contributed by atoms with Crippen LogP contribution < -0.4 is 9.80 Å². The first-order valence-corrected chi connectivity index (χ1v) is 11.6. The van der Waals surface area contributed by atoms with Crippen LogP contribution in [0, 0.1) is 13.8 Å². The molecule has 0 saturated carbocycles. The smallest absolute Gasteiger partial charge is 0.284 e. The van der Waals surface area contributed by atoms with Crippen molar-refractivity contribution in [1.82, 2.24) is 4.98 Å². The highest BCUT2D eigenvalue weighted by Crippen LogP contribution is 2.35. The van der Waals surface area contributed by atoms with Crippen molar-refractivity contribution >= 4 is 50.2 Å². The number of aromatic nitrogens is 1. The molecule has 1 amide bonds. The fourth-order valence-corrected chi connectivity index (χ4v) is 4.81. The maximum Gasteiger partial charge on any atom is 0.284 e. The summed E-state index contributed by atoms with van der Waals surface area (Å²) in [4.78, 5) is 26.8. The highest BCUT2D eigenvalue weighted by Gasteiger charge is 2.34. The summed E-state index contributed by atoms with van der Waals surface area (Å²) < 4.78 is 1.06. The van der Waals surface area contributed by atoms with Gasteiger partial charge >= 0.3 is 0 Å². The Kier molecular flexibility index (Phi) is 5.30. The summed E-state index contributed by atoms with van der Waals surface area (Å²) in [5, 5.41) is 0.633. The van der Waals surface area contributed by atoms with E-state index in [1.165, 1.54) is 22.5 Å². The van der Waals surface area contributed by atoms with Gasteiger partial charge in [-0.1, -0.05) is 53.8 Å². The van der Waals surface area contributed by atoms with Crippen molar-refractivity contribution in [3.05, 3.63) is 94.7 Å². The Hall–Kier alpha value is -3.77. The van der Waals surface area contributed by atoms with E-state index in [2.05, 4.69) is 26.0 Å². The molecule has 0 N–H and O–H groups in total. The van der Waals surface area contributed by atoms with Gasteiger partial charge in [0.1, 0.15) is 11.5 Å². The van der Waals surface area contributed by atoms with Gasteiger partial charge in [-0.15, -0.1) is 0 Å². The molecule has 1 aliphatic rings. The maximum atomic E-state index is 13.6. The molecule has 1 aliphatic heterocycles. The van der Waals surface area contributed by atoms with Crippen molar-refractivity contribution in [3.63, 3.8) is 0 Å². The third kappa shape index (κ3) is 3.94. The van der Waals surface area contributed by atoms with Gasteiger partial charge in [0.2, 0.25) is 0 Å². The number of thiazole rings is 1. The molecule has 33 heavy (non-hydrogen) atoms. The molecule has 0 spiro atoms. The highest BCUT2D eigenvalue weighted by atomic mass is 32.1. The summed E-state index contributed by atoms with van der Waals surface area (Å²) in [7, 11) is 4.01. The first kappa shape index (κ1) is 21.1. The molecular formula is C27H24N4OS. The number of anilines is 2. The minimum atomic E-state index is -0.168. The monoisotopic (exact) mass is 452 g/mol. The van der Waals surface area contributed by atoms with Crippen LogP contribution in [0.4, 0.5) is 10.8 Å². The molecule has 2 heterocycles. The molecule has 0 aliphatic carbocycles. The molecule has 3 aromatic carbocycles. The zero-order valence-corrected chi connectivity index (χ0v) is 19.9.